The number of aromatic nitrogens is 2. The van der Waals surface area contributed by atoms with Crippen molar-refractivity contribution in [3.8, 4) is 0 Å². The zero-order valence-corrected chi connectivity index (χ0v) is 18.6. The first-order valence-corrected chi connectivity index (χ1v) is 11.1. The molecule has 0 bridgehead atoms. The van der Waals surface area contributed by atoms with E-state index in [9.17, 15) is 9.59 Å². The van der Waals surface area contributed by atoms with E-state index in [1.54, 1.807) is 28.8 Å². The first-order chi connectivity index (χ1) is 14.5. The summed E-state index contributed by atoms with van der Waals surface area (Å²) in [6, 6.07) is 12.7. The molecule has 30 heavy (non-hydrogen) atoms. The van der Waals surface area contributed by atoms with E-state index in [-0.39, 0.29) is 17.2 Å². The lowest BCUT2D eigenvalue weighted by Gasteiger charge is -2.13. The summed E-state index contributed by atoms with van der Waals surface area (Å²) in [6.07, 6.45) is 0.687. The minimum Gasteiger partial charge on any atom is -0.382 e. The molecule has 0 saturated heterocycles. The van der Waals surface area contributed by atoms with E-state index >= 15 is 0 Å². The van der Waals surface area contributed by atoms with Crippen molar-refractivity contribution in [1.82, 2.24) is 9.55 Å². The fourth-order valence-corrected chi connectivity index (χ4v) is 4.07. The largest absolute Gasteiger partial charge is 0.382 e. The van der Waals surface area contributed by atoms with Crippen molar-refractivity contribution in [3.05, 3.63) is 63.4 Å². The van der Waals surface area contributed by atoms with Crippen LogP contribution in [0.2, 0.25) is 5.02 Å². The minimum atomic E-state index is -0.214. The van der Waals surface area contributed by atoms with Crippen LogP contribution < -0.4 is 10.9 Å². The molecule has 3 aromatic rings. The highest BCUT2D eigenvalue weighted by atomic mass is 35.5. The molecule has 0 spiro atoms. The Kier molecular flexibility index (Phi) is 7.90. The molecule has 158 valence electrons. The number of thioether (sulfide) groups is 1. The molecule has 0 aliphatic rings. The summed E-state index contributed by atoms with van der Waals surface area (Å²) in [5.41, 5.74) is 2.09. The highest BCUT2D eigenvalue weighted by Gasteiger charge is 2.14. The number of hydrogen-bond acceptors (Lipinski definition) is 5. The lowest BCUT2D eigenvalue weighted by Crippen LogP contribution is -2.25. The molecule has 1 heterocycles. The summed E-state index contributed by atoms with van der Waals surface area (Å²) in [5.74, 6) is -0.102. The Morgan fingerprint density at radius 2 is 2.07 bits per heavy atom. The normalized spacial score (nSPS) is 11.0. The second-order valence-electron chi connectivity index (χ2n) is 6.74. The van der Waals surface area contributed by atoms with Gasteiger partial charge >= 0.3 is 0 Å². The number of nitrogens with zero attached hydrogens (tertiary/aromatic N) is 2. The average Bonchev–Trinajstić information content (AvgIpc) is 2.73. The molecule has 0 saturated carbocycles. The molecule has 0 aliphatic carbocycles. The Hall–Kier alpha value is -2.35. The highest BCUT2D eigenvalue weighted by Crippen LogP contribution is 2.24. The van der Waals surface area contributed by atoms with Gasteiger partial charge < -0.3 is 10.1 Å². The maximum absolute atomic E-state index is 13.0. The van der Waals surface area contributed by atoms with Crippen molar-refractivity contribution in [2.24, 2.45) is 0 Å². The molecule has 0 unspecified atom stereocenters. The Balaban J connectivity index is 1.77. The van der Waals surface area contributed by atoms with Crippen LogP contribution in [0.5, 0.6) is 0 Å². The smallest absolute Gasteiger partial charge is 0.262 e. The lowest BCUT2D eigenvalue weighted by molar-refractivity contribution is -0.113. The van der Waals surface area contributed by atoms with Crippen LogP contribution in [0, 0.1) is 6.92 Å². The fraction of sp³-hybridized carbons (Fsp3) is 0.318. The van der Waals surface area contributed by atoms with Crippen molar-refractivity contribution in [2.75, 3.05) is 24.3 Å². The lowest BCUT2D eigenvalue weighted by atomic mass is 10.2. The zero-order valence-electron chi connectivity index (χ0n) is 17.0. The summed E-state index contributed by atoms with van der Waals surface area (Å²) in [7, 11) is 0. The number of nitrogens with one attached hydrogen (secondary N) is 1. The molecule has 1 N–H and O–H groups in total. The van der Waals surface area contributed by atoms with Gasteiger partial charge in [0.2, 0.25) is 5.91 Å². The van der Waals surface area contributed by atoms with Crippen LogP contribution in [0.1, 0.15) is 18.9 Å². The number of aryl methyl sites for hydroxylation is 1. The number of amides is 1. The predicted octanol–water partition coefficient (Wildman–Crippen LogP) is 4.52. The van der Waals surface area contributed by atoms with Crippen molar-refractivity contribution >= 4 is 45.9 Å². The van der Waals surface area contributed by atoms with Crippen LogP contribution in [0.3, 0.4) is 0 Å². The Morgan fingerprint density at radius 3 is 2.83 bits per heavy atom. The second kappa shape index (κ2) is 10.6. The summed E-state index contributed by atoms with van der Waals surface area (Å²) in [4.78, 5) is 30.1. The number of para-hydroxylation sites is 1. The predicted molar refractivity (Wildman–Crippen MR) is 123 cm³/mol. The van der Waals surface area contributed by atoms with Crippen molar-refractivity contribution in [3.63, 3.8) is 0 Å². The Morgan fingerprint density at radius 1 is 1.27 bits per heavy atom. The average molecular weight is 446 g/mol. The van der Waals surface area contributed by atoms with E-state index in [4.69, 9.17) is 16.3 Å². The summed E-state index contributed by atoms with van der Waals surface area (Å²) in [5, 5.41) is 4.38. The molecule has 1 aromatic heterocycles. The van der Waals surface area contributed by atoms with Gasteiger partial charge in [0.25, 0.3) is 5.56 Å². The third kappa shape index (κ3) is 5.62. The van der Waals surface area contributed by atoms with Gasteiger partial charge in [-0.3, -0.25) is 14.2 Å². The number of fused-ring (bicyclic) bond motifs is 1. The van der Waals surface area contributed by atoms with Gasteiger partial charge in [0.1, 0.15) is 0 Å². The molecule has 0 radical (unpaired) electrons. The number of rotatable bonds is 9. The van der Waals surface area contributed by atoms with Crippen molar-refractivity contribution in [2.45, 2.75) is 32.0 Å². The van der Waals surface area contributed by atoms with Crippen molar-refractivity contribution in [1.29, 1.82) is 0 Å². The number of carbonyl (C=O) groups is 1. The molecule has 8 heteroatoms. The van der Waals surface area contributed by atoms with E-state index in [2.05, 4.69) is 10.3 Å². The van der Waals surface area contributed by atoms with E-state index in [1.165, 1.54) is 11.8 Å². The standard InChI is InChI=1S/C22H24ClN3O3S/c1-3-29-12-6-11-26-21(28)16-7-4-5-8-18(16)25-22(26)30-14-20(27)24-19-10-9-15(2)13-17(19)23/h4-5,7-10,13H,3,6,11-12,14H2,1-2H3,(H,24,27). The molecule has 6 nitrogen and oxygen atoms in total. The van der Waals surface area contributed by atoms with Gasteiger partial charge in [-0.2, -0.15) is 0 Å². The molecular formula is C22H24ClN3O3S. The van der Waals surface area contributed by atoms with Gasteiger partial charge in [-0.25, -0.2) is 4.98 Å². The second-order valence-corrected chi connectivity index (χ2v) is 8.09. The maximum atomic E-state index is 13.0. The molecule has 0 atom stereocenters. The van der Waals surface area contributed by atoms with E-state index in [0.717, 1.165) is 5.56 Å². The third-order valence-electron chi connectivity index (χ3n) is 4.43. The van der Waals surface area contributed by atoms with Crippen LogP contribution in [0.4, 0.5) is 5.69 Å². The molecule has 1 amide bonds. The van der Waals surface area contributed by atoms with E-state index in [1.807, 2.05) is 32.0 Å². The molecule has 0 fully saturated rings. The van der Waals surface area contributed by atoms with Crippen LogP contribution in [-0.2, 0) is 16.1 Å². The van der Waals surface area contributed by atoms with Crippen LogP contribution >= 0.6 is 23.4 Å². The number of anilines is 1. The van der Waals surface area contributed by atoms with Gasteiger partial charge in [0.05, 0.1) is 27.4 Å². The third-order valence-corrected chi connectivity index (χ3v) is 5.72. The van der Waals surface area contributed by atoms with Crippen LogP contribution in [0.25, 0.3) is 10.9 Å². The number of carbonyl (C=O) groups excluding carboxylic acids is 1. The van der Waals surface area contributed by atoms with E-state index < -0.39 is 0 Å². The topological polar surface area (TPSA) is 73.2 Å². The number of hydrogen-bond donors (Lipinski definition) is 1. The maximum Gasteiger partial charge on any atom is 0.262 e. The molecule has 2 aromatic carbocycles. The summed E-state index contributed by atoms with van der Waals surface area (Å²) < 4.78 is 7.01. The van der Waals surface area contributed by atoms with E-state index in [0.29, 0.717) is 52.9 Å². The molecular weight excluding hydrogens is 422 g/mol. The van der Waals surface area contributed by atoms with Gasteiger partial charge in [-0.1, -0.05) is 41.6 Å². The van der Waals surface area contributed by atoms with Gasteiger partial charge in [-0.05, 0) is 50.1 Å². The molecule has 0 aliphatic heterocycles. The fourth-order valence-electron chi connectivity index (χ4n) is 2.96. The monoisotopic (exact) mass is 445 g/mol. The number of halogens is 1. The number of benzene rings is 2. The zero-order chi connectivity index (χ0) is 21.5. The van der Waals surface area contributed by atoms with Crippen molar-refractivity contribution < 1.29 is 9.53 Å². The Labute approximate surface area is 184 Å². The van der Waals surface area contributed by atoms with Gasteiger partial charge in [0, 0.05) is 19.8 Å². The first-order valence-electron chi connectivity index (χ1n) is 9.75. The highest BCUT2D eigenvalue weighted by molar-refractivity contribution is 7.99. The quantitative estimate of drug-likeness (QED) is 0.298. The summed E-state index contributed by atoms with van der Waals surface area (Å²) >= 11 is 7.43. The van der Waals surface area contributed by atoms with Crippen LogP contribution in [-0.4, -0.2) is 34.4 Å². The summed E-state index contributed by atoms with van der Waals surface area (Å²) in [6.45, 7) is 5.54. The van der Waals surface area contributed by atoms with Gasteiger partial charge in [0.15, 0.2) is 5.16 Å². The van der Waals surface area contributed by atoms with Gasteiger partial charge in [-0.15, -0.1) is 0 Å². The van der Waals surface area contributed by atoms with Crippen LogP contribution in [0.15, 0.2) is 52.4 Å². The molecule has 3 rings (SSSR count). The SMILES string of the molecule is CCOCCCn1c(SCC(=O)Nc2ccc(C)cc2Cl)nc2ccccc2c1=O. The Bertz CT molecular complexity index is 1100. The minimum absolute atomic E-state index is 0.110. The number of ether oxygens (including phenoxy) is 1. The first kappa shape index (κ1) is 22.3.